The highest BCUT2D eigenvalue weighted by Crippen LogP contribution is 2.40. The zero-order valence-corrected chi connectivity index (χ0v) is 16.1. The molecule has 0 aromatic heterocycles. The third-order valence-electron chi connectivity index (χ3n) is 5.02. The summed E-state index contributed by atoms with van der Waals surface area (Å²) in [4.78, 5) is 30.2. The van der Waals surface area contributed by atoms with Crippen molar-refractivity contribution in [2.24, 2.45) is 5.16 Å². The van der Waals surface area contributed by atoms with Gasteiger partial charge in [0.1, 0.15) is 18.8 Å². The number of ether oxygens (including phenoxy) is 3. The maximum absolute atomic E-state index is 12.9. The predicted molar refractivity (Wildman–Crippen MR) is 93.6 cm³/mol. The molecule has 4 aliphatic rings. The normalized spacial score (nSPS) is 40.1. The number of piperazine rings is 1. The van der Waals surface area contributed by atoms with Crippen LogP contribution in [0.25, 0.3) is 0 Å². The van der Waals surface area contributed by atoms with Crippen molar-refractivity contribution in [1.82, 2.24) is 10.6 Å². The summed E-state index contributed by atoms with van der Waals surface area (Å²) in [6, 6.07) is 0. The van der Waals surface area contributed by atoms with E-state index in [0.29, 0.717) is 0 Å². The molecule has 0 unspecified atom stereocenters. The molecule has 0 aromatic carbocycles. The van der Waals surface area contributed by atoms with Gasteiger partial charge in [0.05, 0.1) is 19.4 Å². The molecule has 0 aliphatic carbocycles. The quantitative estimate of drug-likeness (QED) is 0.330. The van der Waals surface area contributed by atoms with Gasteiger partial charge in [0.2, 0.25) is 5.72 Å². The number of hydrogen-bond acceptors (Lipinski definition) is 9. The average molecular weight is 399 g/mol. The van der Waals surface area contributed by atoms with E-state index < -0.39 is 40.8 Å². The van der Waals surface area contributed by atoms with Gasteiger partial charge in [-0.05, 0) is 38.8 Å². The Bertz CT molecular complexity index is 738. The Morgan fingerprint density at radius 3 is 2.54 bits per heavy atom. The molecule has 4 rings (SSSR count). The molecule has 4 N–H and O–H groups in total. The largest absolute Gasteiger partial charge is 0.399 e. The standard InChI is InChI=1S/C17H25N3O8/c1-14(2)27-9-15(3,28-14)11(21)17-13(23)19-16(24,12(22)20-17)10(6-8-26-17)5-7-18-25-4/h5,7,11,21,24H,6,8-9H2,1-4H3,(H,19,23)(H,20,22)/b10-5+,18-7+/t11-,15-,16+,17-/m0/s1. The first-order valence-corrected chi connectivity index (χ1v) is 8.79. The fourth-order valence-electron chi connectivity index (χ4n) is 3.62. The minimum absolute atomic E-state index is 0.0294. The van der Waals surface area contributed by atoms with Crippen molar-refractivity contribution in [1.29, 1.82) is 0 Å². The van der Waals surface area contributed by atoms with Crippen molar-refractivity contribution < 1.29 is 38.9 Å². The second-order valence-corrected chi connectivity index (χ2v) is 7.59. The van der Waals surface area contributed by atoms with Crippen molar-refractivity contribution in [2.45, 2.75) is 56.1 Å². The number of fused-ring (bicyclic) bond motifs is 5. The van der Waals surface area contributed by atoms with Gasteiger partial charge in [0.25, 0.3) is 17.5 Å². The van der Waals surface area contributed by atoms with E-state index >= 15 is 0 Å². The van der Waals surface area contributed by atoms with Crippen LogP contribution in [-0.4, -0.2) is 77.5 Å². The van der Waals surface area contributed by atoms with Crippen LogP contribution in [0.2, 0.25) is 0 Å². The Balaban J connectivity index is 1.95. The second kappa shape index (κ2) is 6.78. The van der Waals surface area contributed by atoms with Gasteiger partial charge in [-0.25, -0.2) is 0 Å². The number of nitrogens with zero attached hydrogens (tertiary/aromatic N) is 1. The van der Waals surface area contributed by atoms with E-state index in [-0.39, 0.29) is 25.2 Å². The highest BCUT2D eigenvalue weighted by Gasteiger charge is 2.65. The number of hydrogen-bond donors (Lipinski definition) is 4. The van der Waals surface area contributed by atoms with E-state index in [1.165, 1.54) is 19.4 Å². The topological polar surface area (TPSA) is 148 Å². The molecule has 11 nitrogen and oxygen atoms in total. The highest BCUT2D eigenvalue weighted by molar-refractivity contribution is 6.03. The minimum atomic E-state index is -2.31. The fourth-order valence-corrected chi connectivity index (χ4v) is 3.62. The molecule has 4 atom stereocenters. The van der Waals surface area contributed by atoms with Gasteiger partial charge >= 0.3 is 0 Å². The third kappa shape index (κ3) is 3.18. The molecule has 4 aliphatic heterocycles. The third-order valence-corrected chi connectivity index (χ3v) is 5.02. The average Bonchev–Trinajstić information content (AvgIpc) is 2.90. The molecule has 0 saturated carbocycles. The van der Waals surface area contributed by atoms with E-state index in [9.17, 15) is 19.8 Å². The van der Waals surface area contributed by atoms with E-state index in [2.05, 4.69) is 20.6 Å². The molecule has 0 aromatic rings. The van der Waals surface area contributed by atoms with Crippen LogP contribution in [0.5, 0.6) is 0 Å². The predicted octanol–water partition coefficient (Wildman–Crippen LogP) is -1.50. The zero-order valence-electron chi connectivity index (χ0n) is 16.1. The van der Waals surface area contributed by atoms with E-state index in [0.717, 1.165) is 0 Å². The van der Waals surface area contributed by atoms with Crippen LogP contribution in [0.15, 0.2) is 16.8 Å². The first kappa shape index (κ1) is 20.7. The molecule has 4 heterocycles. The fraction of sp³-hybridized carbons (Fsp3) is 0.706. The monoisotopic (exact) mass is 399 g/mol. The molecule has 4 saturated heterocycles. The molecule has 2 amide bonds. The van der Waals surface area contributed by atoms with Gasteiger partial charge in [-0.15, -0.1) is 0 Å². The van der Waals surface area contributed by atoms with E-state index in [1.54, 1.807) is 20.8 Å². The molecule has 11 heteroatoms. The van der Waals surface area contributed by atoms with Crippen molar-refractivity contribution in [3.63, 3.8) is 0 Å². The van der Waals surface area contributed by atoms with Gasteiger partial charge < -0.3 is 39.9 Å². The molecule has 0 radical (unpaired) electrons. The van der Waals surface area contributed by atoms with Crippen LogP contribution < -0.4 is 10.6 Å². The lowest BCUT2D eigenvalue weighted by atomic mass is 9.84. The number of rotatable bonds is 4. The minimum Gasteiger partial charge on any atom is -0.399 e. The molecule has 28 heavy (non-hydrogen) atoms. The summed E-state index contributed by atoms with van der Waals surface area (Å²) in [5.41, 5.74) is -5.65. The molecule has 0 spiro atoms. The summed E-state index contributed by atoms with van der Waals surface area (Å²) in [7, 11) is 1.34. The van der Waals surface area contributed by atoms with Crippen LogP contribution in [-0.2, 0) is 28.6 Å². The molecule has 4 fully saturated rings. The van der Waals surface area contributed by atoms with Gasteiger partial charge in [-0.2, -0.15) is 0 Å². The smallest absolute Gasteiger partial charge is 0.280 e. The first-order chi connectivity index (χ1) is 13.0. The van der Waals surface area contributed by atoms with Crippen LogP contribution in [0.4, 0.5) is 0 Å². The van der Waals surface area contributed by atoms with Crippen molar-refractivity contribution >= 4 is 18.0 Å². The zero-order chi connectivity index (χ0) is 20.8. The molecular weight excluding hydrogens is 374 g/mol. The van der Waals surface area contributed by atoms with Gasteiger partial charge in [-0.3, -0.25) is 9.59 Å². The summed E-state index contributed by atoms with van der Waals surface area (Å²) in [5.74, 6) is -2.85. The number of aliphatic hydroxyl groups is 2. The van der Waals surface area contributed by atoms with Crippen LogP contribution >= 0.6 is 0 Å². The summed E-state index contributed by atoms with van der Waals surface area (Å²) in [6.45, 7) is 4.78. The molecule has 2 bridgehead atoms. The first-order valence-electron chi connectivity index (χ1n) is 8.79. The number of allylic oxidation sites excluding steroid dienone is 1. The number of oxime groups is 1. The Hall–Kier alpha value is -2.05. The maximum Gasteiger partial charge on any atom is 0.280 e. The number of carbonyl (C=O) groups excluding carboxylic acids is 2. The van der Waals surface area contributed by atoms with Crippen LogP contribution in [0, 0.1) is 0 Å². The van der Waals surface area contributed by atoms with Gasteiger partial charge in [-0.1, -0.05) is 5.16 Å². The Labute approximate surface area is 161 Å². The summed E-state index contributed by atoms with van der Waals surface area (Å²) in [6.07, 6.45) is 1.06. The summed E-state index contributed by atoms with van der Waals surface area (Å²) < 4.78 is 17.0. The van der Waals surface area contributed by atoms with Crippen LogP contribution in [0.3, 0.4) is 0 Å². The lowest BCUT2D eigenvalue weighted by Gasteiger charge is -2.50. The Morgan fingerprint density at radius 1 is 1.21 bits per heavy atom. The van der Waals surface area contributed by atoms with Crippen molar-refractivity contribution in [2.75, 3.05) is 20.3 Å². The van der Waals surface area contributed by atoms with Crippen molar-refractivity contribution in [3.8, 4) is 0 Å². The second-order valence-electron chi connectivity index (χ2n) is 7.59. The molecular formula is C17H25N3O8. The Morgan fingerprint density at radius 2 is 1.93 bits per heavy atom. The number of amides is 2. The van der Waals surface area contributed by atoms with E-state index in [1.807, 2.05) is 0 Å². The summed E-state index contributed by atoms with van der Waals surface area (Å²) >= 11 is 0. The Kier molecular flexibility index (Phi) is 5.01. The summed E-state index contributed by atoms with van der Waals surface area (Å²) in [5, 5.41) is 30.0. The maximum atomic E-state index is 12.9. The van der Waals surface area contributed by atoms with Gasteiger partial charge in [0, 0.05) is 0 Å². The lowest BCUT2D eigenvalue weighted by Crippen LogP contribution is -2.82. The highest BCUT2D eigenvalue weighted by atomic mass is 16.8. The van der Waals surface area contributed by atoms with Crippen LogP contribution in [0.1, 0.15) is 27.2 Å². The SMILES string of the molecule is CO/N=C/C=C1\CCO[C@]2([C@@H](O)[C@]3(C)COC(C)(C)O3)NC(=O)[C@@]1(O)NC2=O. The number of carbonyl (C=O) groups is 2. The number of aliphatic hydroxyl groups excluding tert-OH is 1. The van der Waals surface area contributed by atoms with E-state index in [4.69, 9.17) is 14.2 Å². The molecule has 156 valence electrons. The van der Waals surface area contributed by atoms with Crippen molar-refractivity contribution in [3.05, 3.63) is 11.6 Å². The van der Waals surface area contributed by atoms with Gasteiger partial charge in [0.15, 0.2) is 5.79 Å². The lowest BCUT2D eigenvalue weighted by molar-refractivity contribution is -0.240. The number of nitrogens with one attached hydrogen (secondary N) is 2.